The lowest BCUT2D eigenvalue weighted by atomic mass is 9.56. The second kappa shape index (κ2) is 8.07. The molecule has 0 bridgehead atoms. The summed E-state index contributed by atoms with van der Waals surface area (Å²) in [6.45, 7) is 4.39. The summed E-state index contributed by atoms with van der Waals surface area (Å²) in [6, 6.07) is 7.81. The average molecular weight is 480 g/mol. The largest absolute Gasteiger partial charge is 0.381 e. The maximum absolute atomic E-state index is 14.3. The van der Waals surface area contributed by atoms with Gasteiger partial charge in [-0.15, -0.1) is 0 Å². The number of fused-ring (bicyclic) bond motifs is 3. The molecule has 0 unspecified atom stereocenters. The predicted octanol–water partition coefficient (Wildman–Crippen LogP) is 3.22. The normalized spacial score (nSPS) is 32.2. The van der Waals surface area contributed by atoms with E-state index in [0.717, 1.165) is 36.4 Å². The number of benzene rings is 1. The fourth-order valence-electron chi connectivity index (χ4n) is 6.78. The summed E-state index contributed by atoms with van der Waals surface area (Å²) in [5.74, 6) is 0.0497. The van der Waals surface area contributed by atoms with E-state index in [1.165, 1.54) is 4.90 Å². The highest BCUT2D eigenvalue weighted by Gasteiger charge is 2.68. The van der Waals surface area contributed by atoms with Gasteiger partial charge in [-0.05, 0) is 66.6 Å². The van der Waals surface area contributed by atoms with E-state index in [9.17, 15) is 14.4 Å². The van der Waals surface area contributed by atoms with Gasteiger partial charge in [0.1, 0.15) is 5.82 Å². The SMILES string of the molecule is CO[C@H]1[C@H](C)C[C@@]2(Cc3ccc(C#N)cc3[C@]23NC(=S)N(Cc2ncc(F)cn2)C3=O)C[C@@H]1C. The lowest BCUT2D eigenvalue weighted by molar-refractivity contribution is -0.143. The molecule has 1 aromatic carbocycles. The van der Waals surface area contributed by atoms with Crippen LogP contribution in [0.1, 0.15) is 49.2 Å². The molecule has 1 N–H and O–H groups in total. The van der Waals surface area contributed by atoms with Crippen molar-refractivity contribution in [3.63, 3.8) is 0 Å². The van der Waals surface area contributed by atoms with Crippen LogP contribution in [0.2, 0.25) is 0 Å². The number of halogens is 1. The van der Waals surface area contributed by atoms with Gasteiger partial charge < -0.3 is 10.1 Å². The highest BCUT2D eigenvalue weighted by atomic mass is 32.1. The van der Waals surface area contributed by atoms with E-state index in [1.54, 1.807) is 13.2 Å². The molecule has 34 heavy (non-hydrogen) atoms. The van der Waals surface area contributed by atoms with Crippen molar-refractivity contribution in [3.8, 4) is 6.07 Å². The van der Waals surface area contributed by atoms with Crippen LogP contribution in [0.4, 0.5) is 4.39 Å². The lowest BCUT2D eigenvalue weighted by Crippen LogP contribution is -2.59. The van der Waals surface area contributed by atoms with E-state index in [4.69, 9.17) is 17.0 Å². The monoisotopic (exact) mass is 479 g/mol. The standard InChI is InChI=1S/C25H26FN5O2S/c1-14-7-24(8-15(2)21(14)33-3)9-17-5-4-16(10-27)6-19(17)25(24)22(32)31(23(34)30-25)13-20-28-11-18(26)12-29-20/h4-6,11-12,14-15,21H,7-9,13H2,1-3H3,(H,30,34)/t14-,15+,21+,24+,25-/m1/s1. The molecule has 2 aliphatic carbocycles. The number of aromatic nitrogens is 2. The number of carbonyl (C=O) groups excluding carboxylic acids is 1. The van der Waals surface area contributed by atoms with Crippen molar-refractivity contribution >= 4 is 23.2 Å². The number of nitrogens with zero attached hydrogens (tertiary/aromatic N) is 4. The molecule has 1 saturated carbocycles. The molecule has 1 amide bonds. The molecule has 2 spiro atoms. The Morgan fingerprint density at radius 1 is 1.29 bits per heavy atom. The molecular weight excluding hydrogens is 453 g/mol. The molecule has 1 saturated heterocycles. The molecule has 2 aromatic rings. The van der Waals surface area contributed by atoms with Crippen LogP contribution in [0.5, 0.6) is 0 Å². The molecule has 5 rings (SSSR count). The van der Waals surface area contributed by atoms with Crippen molar-refractivity contribution in [2.45, 2.75) is 51.3 Å². The highest BCUT2D eigenvalue weighted by molar-refractivity contribution is 7.80. The number of nitrogens with one attached hydrogen (secondary N) is 1. The summed E-state index contributed by atoms with van der Waals surface area (Å²) in [7, 11) is 1.74. The summed E-state index contributed by atoms with van der Waals surface area (Å²) in [4.78, 5) is 23.9. The average Bonchev–Trinajstić information content (AvgIpc) is 3.21. The Hall–Kier alpha value is -2.96. The Balaban J connectivity index is 1.63. The van der Waals surface area contributed by atoms with Crippen LogP contribution >= 0.6 is 12.2 Å². The van der Waals surface area contributed by atoms with Crippen LogP contribution in [-0.2, 0) is 28.0 Å². The summed E-state index contributed by atoms with van der Waals surface area (Å²) >= 11 is 5.67. The first-order chi connectivity index (χ1) is 16.2. The minimum atomic E-state index is -1.09. The van der Waals surface area contributed by atoms with E-state index in [0.29, 0.717) is 22.9 Å². The number of nitriles is 1. The summed E-state index contributed by atoms with van der Waals surface area (Å²) in [5.41, 5.74) is 0.849. The van der Waals surface area contributed by atoms with E-state index in [2.05, 4.69) is 35.2 Å². The van der Waals surface area contributed by atoms with Gasteiger partial charge in [0.15, 0.2) is 16.5 Å². The zero-order chi connectivity index (χ0) is 24.3. The van der Waals surface area contributed by atoms with Crippen molar-refractivity contribution in [2.75, 3.05) is 7.11 Å². The number of amides is 1. The highest BCUT2D eigenvalue weighted by Crippen LogP contribution is 2.62. The zero-order valence-electron chi connectivity index (χ0n) is 19.3. The Morgan fingerprint density at radius 2 is 1.97 bits per heavy atom. The fourth-order valence-corrected chi connectivity index (χ4v) is 7.08. The molecule has 9 heteroatoms. The molecular formula is C25H26FN5O2S. The zero-order valence-corrected chi connectivity index (χ0v) is 20.2. The predicted molar refractivity (Wildman–Crippen MR) is 126 cm³/mol. The summed E-state index contributed by atoms with van der Waals surface area (Å²) < 4.78 is 19.1. The third-order valence-corrected chi connectivity index (χ3v) is 8.19. The maximum atomic E-state index is 14.3. The van der Waals surface area contributed by atoms with E-state index < -0.39 is 16.8 Å². The van der Waals surface area contributed by atoms with Crippen LogP contribution in [0, 0.1) is 34.4 Å². The molecule has 5 atom stereocenters. The van der Waals surface area contributed by atoms with Crippen LogP contribution in [-0.4, -0.2) is 39.1 Å². The number of methoxy groups -OCH3 is 1. The quantitative estimate of drug-likeness (QED) is 0.676. The van der Waals surface area contributed by atoms with Gasteiger partial charge in [-0.1, -0.05) is 19.9 Å². The number of carbonyl (C=O) groups is 1. The van der Waals surface area contributed by atoms with Crippen molar-refractivity contribution in [1.29, 1.82) is 5.26 Å². The Kier molecular flexibility index (Phi) is 5.41. The summed E-state index contributed by atoms with van der Waals surface area (Å²) in [6.07, 6.45) is 4.52. The van der Waals surface area contributed by atoms with Crippen LogP contribution < -0.4 is 5.32 Å². The van der Waals surface area contributed by atoms with Gasteiger partial charge in [0.2, 0.25) is 0 Å². The van der Waals surface area contributed by atoms with Crippen molar-refractivity contribution in [3.05, 3.63) is 58.9 Å². The first kappa shape index (κ1) is 22.8. The molecule has 2 fully saturated rings. The second-order valence-electron chi connectivity index (χ2n) is 9.89. The van der Waals surface area contributed by atoms with Gasteiger partial charge in [0.05, 0.1) is 36.7 Å². The molecule has 3 aliphatic rings. The van der Waals surface area contributed by atoms with Gasteiger partial charge in [-0.2, -0.15) is 5.26 Å². The molecule has 7 nitrogen and oxygen atoms in total. The molecule has 2 heterocycles. The van der Waals surface area contributed by atoms with E-state index >= 15 is 0 Å². The Bertz CT molecular complexity index is 1200. The number of rotatable bonds is 3. The third kappa shape index (κ3) is 3.16. The molecule has 1 aliphatic heterocycles. The number of ether oxygens (including phenoxy) is 1. The van der Waals surface area contributed by atoms with E-state index in [-0.39, 0.29) is 30.4 Å². The third-order valence-electron chi connectivity index (χ3n) is 7.87. The smallest absolute Gasteiger partial charge is 0.260 e. The first-order valence-electron chi connectivity index (χ1n) is 11.4. The molecule has 1 aromatic heterocycles. The van der Waals surface area contributed by atoms with Crippen LogP contribution in [0.15, 0.2) is 30.6 Å². The Morgan fingerprint density at radius 3 is 2.59 bits per heavy atom. The summed E-state index contributed by atoms with van der Waals surface area (Å²) in [5, 5.41) is 13.3. The minimum Gasteiger partial charge on any atom is -0.381 e. The molecule has 0 radical (unpaired) electrons. The topological polar surface area (TPSA) is 91.1 Å². The van der Waals surface area contributed by atoms with Crippen molar-refractivity contribution < 1.29 is 13.9 Å². The minimum absolute atomic E-state index is 0.0435. The van der Waals surface area contributed by atoms with Gasteiger partial charge >= 0.3 is 0 Å². The van der Waals surface area contributed by atoms with Crippen molar-refractivity contribution in [1.82, 2.24) is 20.2 Å². The fraction of sp³-hybridized carbons (Fsp3) is 0.480. The number of thiocarbonyl (C=S) groups is 1. The number of hydrogen-bond acceptors (Lipinski definition) is 6. The molecule has 176 valence electrons. The van der Waals surface area contributed by atoms with Crippen molar-refractivity contribution in [2.24, 2.45) is 17.3 Å². The first-order valence-corrected chi connectivity index (χ1v) is 11.8. The van der Waals surface area contributed by atoms with Gasteiger partial charge in [-0.25, -0.2) is 14.4 Å². The lowest BCUT2D eigenvalue weighted by Gasteiger charge is -2.51. The van der Waals surface area contributed by atoms with E-state index in [1.807, 2.05) is 12.1 Å². The second-order valence-corrected chi connectivity index (χ2v) is 10.3. The number of hydrogen-bond donors (Lipinski definition) is 1. The van der Waals surface area contributed by atoms with Gasteiger partial charge in [-0.3, -0.25) is 9.69 Å². The van der Waals surface area contributed by atoms with Crippen LogP contribution in [0.3, 0.4) is 0 Å². The van der Waals surface area contributed by atoms with Gasteiger partial charge in [0, 0.05) is 12.5 Å². The Labute approximate surface area is 203 Å². The van der Waals surface area contributed by atoms with Crippen LogP contribution in [0.25, 0.3) is 0 Å². The van der Waals surface area contributed by atoms with Gasteiger partial charge in [0.25, 0.3) is 5.91 Å². The maximum Gasteiger partial charge on any atom is 0.260 e.